The Morgan fingerprint density at radius 3 is 2.67 bits per heavy atom. The van der Waals surface area contributed by atoms with Crippen LogP contribution >= 0.6 is 24.0 Å². The van der Waals surface area contributed by atoms with Crippen molar-refractivity contribution >= 4 is 29.9 Å². The second-order valence-electron chi connectivity index (χ2n) is 6.54. The molecule has 0 saturated carbocycles. The highest BCUT2D eigenvalue weighted by atomic mass is 127. The third-order valence-electron chi connectivity index (χ3n) is 4.16. The lowest BCUT2D eigenvalue weighted by Crippen LogP contribution is -2.40. The second-order valence-corrected chi connectivity index (χ2v) is 6.54. The summed E-state index contributed by atoms with van der Waals surface area (Å²) in [5.41, 5.74) is 7.26. The molecule has 5 nitrogen and oxygen atoms in total. The minimum absolute atomic E-state index is 0. The quantitative estimate of drug-likeness (QED) is 0.384. The summed E-state index contributed by atoms with van der Waals surface area (Å²) < 4.78 is 5.37. The van der Waals surface area contributed by atoms with Crippen LogP contribution in [0.25, 0.3) is 0 Å². The van der Waals surface area contributed by atoms with E-state index < -0.39 is 0 Å². The fourth-order valence-corrected chi connectivity index (χ4v) is 2.90. The van der Waals surface area contributed by atoms with Gasteiger partial charge in [0.05, 0.1) is 13.2 Å². The summed E-state index contributed by atoms with van der Waals surface area (Å²) >= 11 is 0. The molecule has 1 aliphatic rings. The van der Waals surface area contributed by atoms with Crippen molar-refractivity contribution in [3.63, 3.8) is 0 Å². The number of likely N-dealkylation sites (tertiary alicyclic amines) is 1. The largest absolute Gasteiger partial charge is 0.497 e. The fourth-order valence-electron chi connectivity index (χ4n) is 2.90. The first-order chi connectivity index (χ1) is 11.1. The number of methoxy groups -OCH3 is 1. The zero-order chi connectivity index (χ0) is 16.7. The number of ether oxygens (including phenoxy) is 1. The van der Waals surface area contributed by atoms with Crippen LogP contribution in [0.4, 0.5) is 0 Å². The van der Waals surface area contributed by atoms with Gasteiger partial charge in [-0.25, -0.2) is 0 Å². The van der Waals surface area contributed by atoms with Crippen LogP contribution in [0.1, 0.15) is 38.3 Å². The number of nitrogens with one attached hydrogen (secondary N) is 1. The van der Waals surface area contributed by atoms with Gasteiger partial charge < -0.3 is 15.8 Å². The van der Waals surface area contributed by atoms with Gasteiger partial charge >= 0.3 is 0 Å². The van der Waals surface area contributed by atoms with Crippen LogP contribution < -0.4 is 15.8 Å². The molecule has 1 heterocycles. The Bertz CT molecular complexity index is 515. The highest BCUT2D eigenvalue weighted by molar-refractivity contribution is 14.0. The summed E-state index contributed by atoms with van der Waals surface area (Å²) in [4.78, 5) is 6.90. The molecule has 6 heteroatoms. The van der Waals surface area contributed by atoms with Crippen LogP contribution in [0.5, 0.6) is 5.75 Å². The van der Waals surface area contributed by atoms with Crippen molar-refractivity contribution < 1.29 is 4.74 Å². The van der Waals surface area contributed by atoms with Gasteiger partial charge in [-0.2, -0.15) is 0 Å². The third-order valence-corrected chi connectivity index (χ3v) is 4.16. The number of halogens is 1. The van der Waals surface area contributed by atoms with Gasteiger partial charge in [0.1, 0.15) is 5.75 Å². The van der Waals surface area contributed by atoms with Gasteiger partial charge in [-0.1, -0.05) is 26.0 Å². The molecule has 24 heavy (non-hydrogen) atoms. The molecule has 0 amide bonds. The minimum Gasteiger partial charge on any atom is -0.497 e. The zero-order valence-electron chi connectivity index (χ0n) is 15.0. The molecule has 0 spiro atoms. The number of hydrogen-bond donors (Lipinski definition) is 2. The van der Waals surface area contributed by atoms with Crippen molar-refractivity contribution in [2.45, 2.75) is 32.7 Å². The molecule has 1 unspecified atom stereocenters. The van der Waals surface area contributed by atoms with Crippen molar-refractivity contribution in [2.24, 2.45) is 16.6 Å². The predicted octanol–water partition coefficient (Wildman–Crippen LogP) is 3.01. The molecule has 1 fully saturated rings. The molecule has 2 rings (SSSR count). The van der Waals surface area contributed by atoms with Crippen molar-refractivity contribution in [1.29, 1.82) is 0 Å². The summed E-state index contributed by atoms with van der Waals surface area (Å²) in [5.74, 6) is 1.95. The highest BCUT2D eigenvalue weighted by Crippen LogP contribution is 2.27. The van der Waals surface area contributed by atoms with E-state index in [4.69, 9.17) is 10.5 Å². The van der Waals surface area contributed by atoms with Crippen molar-refractivity contribution in [3.05, 3.63) is 29.8 Å². The summed E-state index contributed by atoms with van der Waals surface area (Å²) in [6.07, 6.45) is 2.52. The van der Waals surface area contributed by atoms with E-state index in [1.807, 2.05) is 12.1 Å². The lowest BCUT2D eigenvalue weighted by atomic mass is 10.1. The van der Waals surface area contributed by atoms with Crippen LogP contribution in [0.2, 0.25) is 0 Å². The Morgan fingerprint density at radius 1 is 1.33 bits per heavy atom. The standard InChI is InChI=1S/C18H30N4O.HI/c1-14(2)12-20-18(19)21-13-17(22-9-4-5-10-22)15-7-6-8-16(11-15)23-3;/h6-8,11,14,17H,4-5,9-10,12-13H2,1-3H3,(H3,19,20,21);1H. The molecule has 0 aliphatic carbocycles. The van der Waals surface area contributed by atoms with Crippen LogP contribution in [-0.2, 0) is 0 Å². The zero-order valence-corrected chi connectivity index (χ0v) is 17.3. The van der Waals surface area contributed by atoms with Crippen LogP contribution in [0.3, 0.4) is 0 Å². The Kier molecular flexibility index (Phi) is 9.43. The van der Waals surface area contributed by atoms with Gasteiger partial charge in [0, 0.05) is 13.1 Å². The number of rotatable bonds is 7. The summed E-state index contributed by atoms with van der Waals surface area (Å²) in [6.45, 7) is 8.06. The maximum Gasteiger partial charge on any atom is 0.188 e. The van der Waals surface area contributed by atoms with E-state index in [1.165, 1.54) is 18.4 Å². The molecule has 3 N–H and O–H groups in total. The lowest BCUT2D eigenvalue weighted by Gasteiger charge is -2.28. The van der Waals surface area contributed by atoms with Gasteiger partial charge in [-0.05, 0) is 49.5 Å². The number of aliphatic imine (C=N–C) groups is 1. The van der Waals surface area contributed by atoms with E-state index in [1.54, 1.807) is 7.11 Å². The van der Waals surface area contributed by atoms with Gasteiger partial charge in [-0.3, -0.25) is 9.89 Å². The molecule has 1 aromatic rings. The van der Waals surface area contributed by atoms with E-state index in [-0.39, 0.29) is 24.0 Å². The number of nitrogens with two attached hydrogens (primary N) is 1. The molecule has 1 aliphatic heterocycles. The first kappa shape index (κ1) is 21.0. The average Bonchev–Trinajstić information content (AvgIpc) is 3.07. The van der Waals surface area contributed by atoms with E-state index in [0.717, 1.165) is 31.9 Å². The van der Waals surface area contributed by atoms with Gasteiger partial charge in [0.25, 0.3) is 0 Å². The monoisotopic (exact) mass is 446 g/mol. The molecular formula is C18H31IN4O. The van der Waals surface area contributed by atoms with Crippen molar-refractivity contribution in [1.82, 2.24) is 10.2 Å². The van der Waals surface area contributed by atoms with E-state index in [2.05, 4.69) is 41.2 Å². The smallest absolute Gasteiger partial charge is 0.188 e. The van der Waals surface area contributed by atoms with E-state index in [0.29, 0.717) is 17.9 Å². The molecule has 1 atom stereocenters. The normalized spacial score (nSPS) is 16.8. The van der Waals surface area contributed by atoms with Crippen LogP contribution in [0.15, 0.2) is 29.3 Å². The highest BCUT2D eigenvalue weighted by Gasteiger charge is 2.23. The summed E-state index contributed by atoms with van der Waals surface area (Å²) in [5, 5.41) is 3.30. The maximum atomic E-state index is 6.00. The Balaban J connectivity index is 0.00000288. The number of benzene rings is 1. The van der Waals surface area contributed by atoms with Gasteiger partial charge in [-0.15, -0.1) is 24.0 Å². The van der Waals surface area contributed by atoms with Gasteiger partial charge in [0.2, 0.25) is 0 Å². The maximum absolute atomic E-state index is 6.00. The summed E-state index contributed by atoms with van der Waals surface area (Å²) in [7, 11) is 1.71. The second kappa shape index (κ2) is 10.8. The minimum atomic E-state index is 0. The fraction of sp³-hybridized carbons (Fsp3) is 0.611. The third kappa shape index (κ3) is 6.47. The predicted molar refractivity (Wildman–Crippen MR) is 111 cm³/mol. The first-order valence-corrected chi connectivity index (χ1v) is 8.52. The first-order valence-electron chi connectivity index (χ1n) is 8.52. The lowest BCUT2D eigenvalue weighted by molar-refractivity contribution is 0.245. The molecule has 136 valence electrons. The number of hydrogen-bond acceptors (Lipinski definition) is 3. The van der Waals surface area contributed by atoms with Crippen molar-refractivity contribution in [2.75, 3.05) is 33.3 Å². The molecule has 1 aromatic carbocycles. The molecule has 0 bridgehead atoms. The molecule has 0 radical (unpaired) electrons. The molecular weight excluding hydrogens is 415 g/mol. The summed E-state index contributed by atoms with van der Waals surface area (Å²) in [6, 6.07) is 8.60. The Hall–Kier alpha value is -1.02. The molecule has 0 aromatic heterocycles. The van der Waals surface area contributed by atoms with Crippen LogP contribution in [0, 0.1) is 5.92 Å². The molecule has 1 saturated heterocycles. The number of guanidine groups is 1. The van der Waals surface area contributed by atoms with E-state index >= 15 is 0 Å². The average molecular weight is 446 g/mol. The SMILES string of the molecule is COc1cccc(C(CNC(N)=NCC(C)C)N2CCCC2)c1.I. The van der Waals surface area contributed by atoms with Gasteiger partial charge in [0.15, 0.2) is 5.96 Å². The van der Waals surface area contributed by atoms with E-state index in [9.17, 15) is 0 Å². The Morgan fingerprint density at radius 2 is 2.04 bits per heavy atom. The van der Waals surface area contributed by atoms with Crippen LogP contribution in [-0.4, -0.2) is 44.1 Å². The van der Waals surface area contributed by atoms with Crippen molar-refractivity contribution in [3.8, 4) is 5.75 Å². The topological polar surface area (TPSA) is 62.9 Å². The Labute approximate surface area is 163 Å². The number of nitrogens with zero attached hydrogens (tertiary/aromatic N) is 2.